The number of nitrogens with zero attached hydrogens (tertiary/aromatic N) is 2. The maximum absolute atomic E-state index is 12.9. The van der Waals surface area contributed by atoms with E-state index >= 15 is 0 Å². The number of phenolic OH excluding ortho intramolecular Hbond substituents is 1. The van der Waals surface area contributed by atoms with Crippen LogP contribution in [0.1, 0.15) is 28.4 Å². The van der Waals surface area contributed by atoms with E-state index in [4.69, 9.17) is 4.74 Å². The van der Waals surface area contributed by atoms with Crippen LogP contribution in [0.3, 0.4) is 0 Å². The van der Waals surface area contributed by atoms with Gasteiger partial charge in [0, 0.05) is 31.7 Å². The molecule has 0 spiro atoms. The third kappa shape index (κ3) is 5.33. The quantitative estimate of drug-likeness (QED) is 0.777. The van der Waals surface area contributed by atoms with E-state index in [9.17, 15) is 14.7 Å². The van der Waals surface area contributed by atoms with Gasteiger partial charge in [0.05, 0.1) is 13.2 Å². The Morgan fingerprint density at radius 3 is 2.36 bits per heavy atom. The maximum Gasteiger partial charge on any atom is 0.320 e. The van der Waals surface area contributed by atoms with Crippen LogP contribution in [-0.2, 0) is 16.0 Å². The van der Waals surface area contributed by atoms with Crippen LogP contribution in [0, 0.1) is 0 Å². The molecule has 0 aliphatic carbocycles. The van der Waals surface area contributed by atoms with Crippen LogP contribution in [0.4, 0.5) is 0 Å². The first kappa shape index (κ1) is 19.9. The first-order chi connectivity index (χ1) is 13.5. The van der Waals surface area contributed by atoms with Crippen molar-refractivity contribution >= 4 is 11.9 Å². The number of benzene rings is 2. The largest absolute Gasteiger partial charge is 0.508 e. The Balaban J connectivity index is 1.58. The fraction of sp³-hybridized carbons (Fsp3) is 0.364. The molecule has 0 radical (unpaired) electrons. The summed E-state index contributed by atoms with van der Waals surface area (Å²) in [6.45, 7) is 4.96. The van der Waals surface area contributed by atoms with Gasteiger partial charge in [0.1, 0.15) is 5.75 Å². The molecule has 2 aromatic carbocycles. The van der Waals surface area contributed by atoms with Gasteiger partial charge in [-0.25, -0.2) is 0 Å². The van der Waals surface area contributed by atoms with Crippen molar-refractivity contribution in [2.24, 2.45) is 0 Å². The Labute approximate surface area is 165 Å². The smallest absolute Gasteiger partial charge is 0.320 e. The molecular weight excluding hydrogens is 356 g/mol. The number of ether oxygens (including phenoxy) is 1. The number of amides is 1. The lowest BCUT2D eigenvalue weighted by molar-refractivity contribution is -0.144. The van der Waals surface area contributed by atoms with Gasteiger partial charge in [-0.05, 0) is 48.7 Å². The van der Waals surface area contributed by atoms with Crippen molar-refractivity contribution in [1.29, 1.82) is 0 Å². The summed E-state index contributed by atoms with van der Waals surface area (Å²) in [5, 5.41) is 9.62. The van der Waals surface area contributed by atoms with Crippen molar-refractivity contribution in [3.05, 3.63) is 65.2 Å². The van der Waals surface area contributed by atoms with Crippen molar-refractivity contribution in [1.82, 2.24) is 9.80 Å². The second kappa shape index (κ2) is 9.37. The molecule has 0 bridgehead atoms. The fourth-order valence-corrected chi connectivity index (χ4v) is 3.40. The number of aromatic hydroxyl groups is 1. The zero-order chi connectivity index (χ0) is 19.9. The highest BCUT2D eigenvalue weighted by molar-refractivity contribution is 5.94. The van der Waals surface area contributed by atoms with E-state index in [1.165, 1.54) is 0 Å². The molecule has 2 aromatic rings. The molecule has 0 saturated carbocycles. The first-order valence-electron chi connectivity index (χ1n) is 9.59. The molecular formula is C22H26N2O4. The number of rotatable bonds is 6. The molecule has 28 heavy (non-hydrogen) atoms. The molecule has 1 aliphatic rings. The monoisotopic (exact) mass is 382 g/mol. The molecule has 1 aliphatic heterocycles. The van der Waals surface area contributed by atoms with Crippen LogP contribution < -0.4 is 0 Å². The van der Waals surface area contributed by atoms with Gasteiger partial charge in [0.15, 0.2) is 0 Å². The molecule has 148 valence electrons. The average Bonchev–Trinajstić information content (AvgIpc) is 2.68. The molecule has 1 saturated heterocycles. The van der Waals surface area contributed by atoms with E-state index in [1.807, 2.05) is 46.2 Å². The molecule has 1 fully saturated rings. The number of carbonyl (C=O) groups excluding carboxylic acids is 2. The third-order valence-corrected chi connectivity index (χ3v) is 4.81. The molecule has 0 aromatic heterocycles. The normalized spacial score (nSPS) is 14.7. The van der Waals surface area contributed by atoms with Crippen LogP contribution in [0.25, 0.3) is 0 Å². The van der Waals surface area contributed by atoms with Crippen molar-refractivity contribution in [3.63, 3.8) is 0 Å². The van der Waals surface area contributed by atoms with E-state index in [0.29, 0.717) is 44.8 Å². The molecule has 1 heterocycles. The van der Waals surface area contributed by atoms with E-state index < -0.39 is 0 Å². The maximum atomic E-state index is 12.9. The third-order valence-electron chi connectivity index (χ3n) is 4.81. The van der Waals surface area contributed by atoms with E-state index in [0.717, 1.165) is 11.1 Å². The SMILES string of the molecule is CCOC(=O)CN1CCN(C(=O)c2cccc(Cc3cccc(O)c3)c2)CC1. The summed E-state index contributed by atoms with van der Waals surface area (Å²) in [5.41, 5.74) is 2.69. The number of piperazine rings is 1. The highest BCUT2D eigenvalue weighted by atomic mass is 16.5. The lowest BCUT2D eigenvalue weighted by Crippen LogP contribution is -2.50. The Hall–Kier alpha value is -2.86. The summed E-state index contributed by atoms with van der Waals surface area (Å²) in [7, 11) is 0. The summed E-state index contributed by atoms with van der Waals surface area (Å²) >= 11 is 0. The molecule has 0 unspecified atom stereocenters. The van der Waals surface area contributed by atoms with E-state index in [1.54, 1.807) is 19.1 Å². The number of esters is 1. The highest BCUT2D eigenvalue weighted by Gasteiger charge is 2.23. The summed E-state index contributed by atoms with van der Waals surface area (Å²) in [6, 6.07) is 14.8. The molecule has 6 heteroatoms. The second-order valence-corrected chi connectivity index (χ2v) is 6.92. The summed E-state index contributed by atoms with van der Waals surface area (Å²) in [6.07, 6.45) is 0.656. The molecule has 1 N–H and O–H groups in total. The lowest BCUT2D eigenvalue weighted by atomic mass is 10.0. The summed E-state index contributed by atoms with van der Waals surface area (Å²) in [4.78, 5) is 28.3. The van der Waals surface area contributed by atoms with Gasteiger partial charge in [0.25, 0.3) is 5.91 Å². The lowest BCUT2D eigenvalue weighted by Gasteiger charge is -2.34. The van der Waals surface area contributed by atoms with Crippen molar-refractivity contribution in [3.8, 4) is 5.75 Å². The van der Waals surface area contributed by atoms with E-state index in [2.05, 4.69) is 0 Å². The van der Waals surface area contributed by atoms with Gasteiger partial charge in [-0.3, -0.25) is 14.5 Å². The Kier molecular flexibility index (Phi) is 6.66. The number of phenols is 1. The predicted molar refractivity (Wildman–Crippen MR) is 106 cm³/mol. The van der Waals surface area contributed by atoms with Gasteiger partial charge in [-0.2, -0.15) is 0 Å². The van der Waals surface area contributed by atoms with Crippen LogP contribution in [0.5, 0.6) is 5.75 Å². The number of carbonyl (C=O) groups is 2. The van der Waals surface area contributed by atoms with Crippen LogP contribution in [-0.4, -0.2) is 66.1 Å². The van der Waals surface area contributed by atoms with Crippen LogP contribution >= 0.6 is 0 Å². The van der Waals surface area contributed by atoms with Gasteiger partial charge in [0.2, 0.25) is 0 Å². The Morgan fingerprint density at radius 1 is 1.00 bits per heavy atom. The van der Waals surface area contributed by atoms with Crippen LogP contribution in [0.2, 0.25) is 0 Å². The topological polar surface area (TPSA) is 70.1 Å². The Bertz CT molecular complexity index is 829. The van der Waals surface area contributed by atoms with Gasteiger partial charge in [-0.15, -0.1) is 0 Å². The predicted octanol–water partition coefficient (Wildman–Crippen LogP) is 2.30. The van der Waals surface area contributed by atoms with Gasteiger partial charge in [-0.1, -0.05) is 24.3 Å². The first-order valence-corrected chi connectivity index (χ1v) is 9.59. The molecule has 1 amide bonds. The van der Waals surface area contributed by atoms with Crippen molar-refractivity contribution < 1.29 is 19.4 Å². The summed E-state index contributed by atoms with van der Waals surface area (Å²) in [5.74, 6) is 0.0286. The zero-order valence-electron chi connectivity index (χ0n) is 16.1. The minimum atomic E-state index is -0.220. The molecule has 0 atom stereocenters. The van der Waals surface area contributed by atoms with Crippen molar-refractivity contribution in [2.45, 2.75) is 13.3 Å². The van der Waals surface area contributed by atoms with Crippen LogP contribution in [0.15, 0.2) is 48.5 Å². The summed E-state index contributed by atoms with van der Waals surface area (Å²) < 4.78 is 4.98. The highest BCUT2D eigenvalue weighted by Crippen LogP contribution is 2.17. The number of hydrogen-bond donors (Lipinski definition) is 1. The minimum absolute atomic E-state index is 0.00791. The van der Waals surface area contributed by atoms with Crippen molar-refractivity contribution in [2.75, 3.05) is 39.3 Å². The van der Waals surface area contributed by atoms with Gasteiger partial charge >= 0.3 is 5.97 Å². The Morgan fingerprint density at radius 2 is 1.68 bits per heavy atom. The average molecular weight is 382 g/mol. The zero-order valence-corrected chi connectivity index (χ0v) is 16.1. The second-order valence-electron chi connectivity index (χ2n) is 6.92. The molecule has 3 rings (SSSR count). The fourth-order valence-electron chi connectivity index (χ4n) is 3.40. The molecule has 6 nitrogen and oxygen atoms in total. The van der Waals surface area contributed by atoms with E-state index in [-0.39, 0.29) is 24.2 Å². The minimum Gasteiger partial charge on any atom is -0.508 e. The number of hydrogen-bond acceptors (Lipinski definition) is 5. The standard InChI is InChI=1S/C22H26N2O4/c1-2-28-21(26)16-23-9-11-24(12-10-23)22(27)19-7-3-5-17(14-19)13-18-6-4-8-20(25)15-18/h3-8,14-15,25H,2,9-13,16H2,1H3. The van der Waals surface area contributed by atoms with Gasteiger partial charge < -0.3 is 14.7 Å².